The van der Waals surface area contributed by atoms with E-state index in [9.17, 15) is 4.79 Å². The Morgan fingerprint density at radius 1 is 1.50 bits per heavy atom. The number of fused-ring (bicyclic) bond motifs is 1. The van der Waals surface area contributed by atoms with Crippen LogP contribution in [0.1, 0.15) is 6.42 Å². The number of thioether (sulfide) groups is 1. The van der Waals surface area contributed by atoms with E-state index in [1.807, 2.05) is 30.0 Å². The Bertz CT molecular complexity index is 458. The van der Waals surface area contributed by atoms with E-state index in [0.29, 0.717) is 0 Å². The van der Waals surface area contributed by atoms with Crippen molar-refractivity contribution in [2.45, 2.75) is 6.42 Å². The highest BCUT2D eigenvalue weighted by atomic mass is 32.2. The third kappa shape index (κ3) is 2.56. The number of benzene rings is 1. The Kier molecular flexibility index (Phi) is 3.32. The van der Waals surface area contributed by atoms with Crippen LogP contribution >= 0.6 is 11.8 Å². The Morgan fingerprint density at radius 3 is 3.28 bits per heavy atom. The number of nitrogens with one attached hydrogen (secondary N) is 2. The minimum Gasteiger partial charge on any atom is -0.482 e. The van der Waals surface area contributed by atoms with Gasteiger partial charge in [-0.15, -0.1) is 0 Å². The summed E-state index contributed by atoms with van der Waals surface area (Å²) in [6, 6.07) is 5.84. The second-order valence-electron chi connectivity index (χ2n) is 4.66. The quantitative estimate of drug-likeness (QED) is 0.878. The van der Waals surface area contributed by atoms with Crippen LogP contribution in [0.2, 0.25) is 0 Å². The zero-order valence-electron chi connectivity index (χ0n) is 10.1. The van der Waals surface area contributed by atoms with Crippen molar-refractivity contribution in [1.82, 2.24) is 0 Å². The summed E-state index contributed by atoms with van der Waals surface area (Å²) in [7, 11) is 0. The lowest BCUT2D eigenvalue weighted by molar-refractivity contribution is -0.118. The van der Waals surface area contributed by atoms with E-state index < -0.39 is 0 Å². The first-order chi connectivity index (χ1) is 8.81. The number of hydrogen-bond donors (Lipinski definition) is 2. The molecule has 3 rings (SSSR count). The first-order valence-corrected chi connectivity index (χ1v) is 7.35. The molecule has 1 aromatic carbocycles. The fraction of sp³-hybridized carbons (Fsp3) is 0.462. The number of hydrogen-bond acceptors (Lipinski definition) is 4. The summed E-state index contributed by atoms with van der Waals surface area (Å²) >= 11 is 2.02. The Hall–Kier alpha value is -1.36. The monoisotopic (exact) mass is 264 g/mol. The maximum absolute atomic E-state index is 11.2. The number of rotatable bonds is 3. The van der Waals surface area contributed by atoms with Gasteiger partial charge in [0.05, 0.1) is 5.69 Å². The van der Waals surface area contributed by atoms with Crippen molar-refractivity contribution < 1.29 is 9.53 Å². The summed E-state index contributed by atoms with van der Waals surface area (Å²) in [6.07, 6.45) is 1.29. The predicted molar refractivity (Wildman–Crippen MR) is 74.5 cm³/mol. The molecule has 96 valence electrons. The predicted octanol–water partition coefficient (Wildman–Crippen LogP) is 2.18. The van der Waals surface area contributed by atoms with Crippen molar-refractivity contribution in [2.75, 3.05) is 35.3 Å². The average Bonchev–Trinajstić information content (AvgIpc) is 2.89. The van der Waals surface area contributed by atoms with Gasteiger partial charge in [0.15, 0.2) is 6.61 Å². The molecule has 1 atom stereocenters. The first-order valence-electron chi connectivity index (χ1n) is 6.19. The van der Waals surface area contributed by atoms with Crippen molar-refractivity contribution in [3.63, 3.8) is 0 Å². The van der Waals surface area contributed by atoms with Gasteiger partial charge in [-0.2, -0.15) is 11.8 Å². The van der Waals surface area contributed by atoms with Gasteiger partial charge in [-0.25, -0.2) is 0 Å². The average molecular weight is 264 g/mol. The van der Waals surface area contributed by atoms with Crippen LogP contribution in [0.25, 0.3) is 0 Å². The molecule has 18 heavy (non-hydrogen) atoms. The van der Waals surface area contributed by atoms with Crippen molar-refractivity contribution in [3.05, 3.63) is 18.2 Å². The van der Waals surface area contributed by atoms with Crippen LogP contribution in [0.15, 0.2) is 18.2 Å². The number of carbonyl (C=O) groups excluding carboxylic acids is 1. The summed E-state index contributed by atoms with van der Waals surface area (Å²) in [5.41, 5.74) is 1.80. The van der Waals surface area contributed by atoms with Crippen LogP contribution in [0.5, 0.6) is 5.75 Å². The van der Waals surface area contributed by atoms with Crippen LogP contribution in [0.4, 0.5) is 11.4 Å². The lowest BCUT2D eigenvalue weighted by Gasteiger charge is -2.19. The van der Waals surface area contributed by atoms with Gasteiger partial charge in [-0.05, 0) is 42.0 Å². The summed E-state index contributed by atoms with van der Waals surface area (Å²) in [6.45, 7) is 1.11. The lowest BCUT2D eigenvalue weighted by atomic mass is 10.1. The van der Waals surface area contributed by atoms with Crippen molar-refractivity contribution in [2.24, 2.45) is 5.92 Å². The van der Waals surface area contributed by atoms with E-state index in [4.69, 9.17) is 4.74 Å². The van der Waals surface area contributed by atoms with Crippen LogP contribution in [0, 0.1) is 5.92 Å². The molecule has 2 N–H and O–H groups in total. The molecule has 2 heterocycles. The standard InChI is InChI=1S/C13H16N2O2S/c16-13-7-17-12-2-1-10(5-11(12)15-13)14-6-9-3-4-18-8-9/h1-2,5,9,14H,3-4,6-8H2,(H,15,16). The summed E-state index contributed by atoms with van der Waals surface area (Å²) in [5.74, 6) is 3.94. The van der Waals surface area contributed by atoms with Gasteiger partial charge in [0.2, 0.25) is 0 Å². The zero-order chi connectivity index (χ0) is 12.4. The molecule has 0 spiro atoms. The third-order valence-corrected chi connectivity index (χ3v) is 4.46. The molecule has 4 nitrogen and oxygen atoms in total. The highest BCUT2D eigenvalue weighted by Gasteiger charge is 2.17. The normalized spacial score (nSPS) is 22.0. The highest BCUT2D eigenvalue weighted by molar-refractivity contribution is 7.99. The maximum Gasteiger partial charge on any atom is 0.262 e. The van der Waals surface area contributed by atoms with Crippen molar-refractivity contribution in [1.29, 1.82) is 0 Å². The minimum atomic E-state index is -0.0909. The lowest BCUT2D eigenvalue weighted by Crippen LogP contribution is -2.25. The van der Waals surface area contributed by atoms with Crippen LogP contribution < -0.4 is 15.4 Å². The molecule has 0 radical (unpaired) electrons. The smallest absolute Gasteiger partial charge is 0.262 e. The highest BCUT2D eigenvalue weighted by Crippen LogP contribution is 2.31. The molecule has 1 fully saturated rings. The van der Waals surface area contributed by atoms with E-state index in [-0.39, 0.29) is 12.5 Å². The molecule has 1 saturated heterocycles. The van der Waals surface area contributed by atoms with Gasteiger partial charge in [0, 0.05) is 12.2 Å². The second-order valence-corrected chi connectivity index (χ2v) is 5.81. The molecule has 2 aliphatic rings. The second kappa shape index (κ2) is 5.10. The van der Waals surface area contributed by atoms with Gasteiger partial charge in [-0.3, -0.25) is 4.79 Å². The SMILES string of the molecule is O=C1COc2ccc(NCC3CCSC3)cc2N1. The first kappa shape index (κ1) is 11.7. The fourth-order valence-corrected chi connectivity index (χ4v) is 3.48. The maximum atomic E-state index is 11.2. The van der Waals surface area contributed by atoms with E-state index >= 15 is 0 Å². The molecular formula is C13H16N2O2S. The van der Waals surface area contributed by atoms with Gasteiger partial charge in [0.25, 0.3) is 5.91 Å². The molecule has 0 aliphatic carbocycles. The molecule has 1 unspecified atom stereocenters. The molecule has 0 saturated carbocycles. The topological polar surface area (TPSA) is 50.4 Å². The summed E-state index contributed by atoms with van der Waals surface area (Å²) in [4.78, 5) is 11.2. The van der Waals surface area contributed by atoms with Crippen LogP contribution in [-0.4, -0.2) is 30.6 Å². The van der Waals surface area contributed by atoms with Gasteiger partial charge in [0.1, 0.15) is 5.75 Å². The third-order valence-electron chi connectivity index (χ3n) is 3.23. The molecule has 1 aromatic rings. The zero-order valence-corrected chi connectivity index (χ0v) is 10.9. The van der Waals surface area contributed by atoms with Crippen LogP contribution in [0.3, 0.4) is 0 Å². The number of anilines is 2. The molecule has 2 aliphatic heterocycles. The van der Waals surface area contributed by atoms with E-state index in [1.165, 1.54) is 17.9 Å². The molecule has 1 amide bonds. The van der Waals surface area contributed by atoms with Crippen LogP contribution in [-0.2, 0) is 4.79 Å². The summed E-state index contributed by atoms with van der Waals surface area (Å²) < 4.78 is 5.33. The van der Waals surface area contributed by atoms with E-state index in [2.05, 4.69) is 10.6 Å². The summed E-state index contributed by atoms with van der Waals surface area (Å²) in [5, 5.41) is 6.25. The Morgan fingerprint density at radius 2 is 2.44 bits per heavy atom. The van der Waals surface area contributed by atoms with E-state index in [1.54, 1.807) is 0 Å². The molecule has 0 aromatic heterocycles. The number of amides is 1. The Balaban J connectivity index is 1.65. The van der Waals surface area contributed by atoms with E-state index in [0.717, 1.165) is 29.6 Å². The van der Waals surface area contributed by atoms with Gasteiger partial charge >= 0.3 is 0 Å². The fourth-order valence-electron chi connectivity index (χ4n) is 2.20. The van der Waals surface area contributed by atoms with Gasteiger partial charge < -0.3 is 15.4 Å². The minimum absolute atomic E-state index is 0.0909. The molecule has 0 bridgehead atoms. The van der Waals surface area contributed by atoms with Gasteiger partial charge in [-0.1, -0.05) is 0 Å². The molecular weight excluding hydrogens is 248 g/mol. The Labute approximate surface area is 110 Å². The number of ether oxygens (including phenoxy) is 1. The largest absolute Gasteiger partial charge is 0.482 e. The molecule has 5 heteroatoms. The van der Waals surface area contributed by atoms with Crippen molar-refractivity contribution >= 4 is 29.0 Å². The van der Waals surface area contributed by atoms with Crippen molar-refractivity contribution in [3.8, 4) is 5.75 Å². The number of carbonyl (C=O) groups is 1.